The maximum atomic E-state index is 10.1. The van der Waals surface area contributed by atoms with E-state index in [2.05, 4.69) is 10.1 Å². The summed E-state index contributed by atoms with van der Waals surface area (Å²) < 4.78 is 1.49. The Morgan fingerprint density at radius 3 is 2.61 bits per heavy atom. The summed E-state index contributed by atoms with van der Waals surface area (Å²) in [5.74, 6) is 0. The summed E-state index contributed by atoms with van der Waals surface area (Å²) in [6, 6.07) is 5.46. The third-order valence-electron chi connectivity index (χ3n) is 2.69. The summed E-state index contributed by atoms with van der Waals surface area (Å²) in [5.41, 5.74) is 1.79. The van der Waals surface area contributed by atoms with E-state index in [4.69, 9.17) is 0 Å². The lowest BCUT2D eigenvalue weighted by Gasteiger charge is -2.21. The average Bonchev–Trinajstić information content (AvgIpc) is 2.77. The zero-order valence-electron chi connectivity index (χ0n) is 10.8. The van der Waals surface area contributed by atoms with E-state index in [1.165, 1.54) is 4.68 Å². The van der Waals surface area contributed by atoms with Crippen LogP contribution >= 0.6 is 0 Å². The molecular weight excluding hydrogens is 230 g/mol. The highest BCUT2D eigenvalue weighted by atomic mass is 16.3. The number of pyridine rings is 1. The third-order valence-corrected chi connectivity index (χ3v) is 2.69. The molecule has 0 saturated carbocycles. The molecule has 0 aromatic carbocycles. The summed E-state index contributed by atoms with van der Waals surface area (Å²) in [4.78, 5) is 4.43. The topological polar surface area (TPSA) is 71.2 Å². The predicted octanol–water partition coefficient (Wildman–Crippen LogP) is 1.43. The Balaban J connectivity index is 2.62. The number of nitrogens with zero attached hydrogens (tertiary/aromatic N) is 3. The van der Waals surface area contributed by atoms with Crippen molar-refractivity contribution in [3.05, 3.63) is 35.7 Å². The van der Waals surface area contributed by atoms with Gasteiger partial charge in [-0.1, -0.05) is 6.07 Å². The van der Waals surface area contributed by atoms with Gasteiger partial charge in [-0.3, -0.25) is 4.98 Å². The molecular formula is C13H17N3O2. The molecule has 2 aromatic rings. The van der Waals surface area contributed by atoms with Crippen molar-refractivity contribution in [1.82, 2.24) is 14.8 Å². The van der Waals surface area contributed by atoms with Gasteiger partial charge in [0.1, 0.15) is 0 Å². The SMILES string of the molecule is Cc1ccc(CO)c(-c2ccnn2C(C)(C)O)n1. The molecule has 0 bridgehead atoms. The lowest BCUT2D eigenvalue weighted by molar-refractivity contribution is -0.00869. The van der Waals surface area contributed by atoms with Gasteiger partial charge in [0, 0.05) is 17.5 Å². The fraction of sp³-hybridized carbons (Fsp3) is 0.385. The highest BCUT2D eigenvalue weighted by Crippen LogP contribution is 2.25. The van der Waals surface area contributed by atoms with E-state index in [0.717, 1.165) is 5.69 Å². The number of rotatable bonds is 3. The number of hydrogen-bond acceptors (Lipinski definition) is 4. The van der Waals surface area contributed by atoms with Crippen molar-refractivity contribution in [1.29, 1.82) is 0 Å². The Hall–Kier alpha value is -1.72. The van der Waals surface area contributed by atoms with Gasteiger partial charge >= 0.3 is 0 Å². The highest BCUT2D eigenvalue weighted by Gasteiger charge is 2.22. The molecule has 2 heterocycles. The van der Waals surface area contributed by atoms with Crippen LogP contribution in [0, 0.1) is 6.92 Å². The molecule has 0 amide bonds. The second-order valence-corrected chi connectivity index (χ2v) is 4.74. The van der Waals surface area contributed by atoms with E-state index >= 15 is 0 Å². The fourth-order valence-corrected chi connectivity index (χ4v) is 1.85. The third kappa shape index (κ3) is 2.27. The molecule has 0 aliphatic carbocycles. The molecule has 0 unspecified atom stereocenters. The maximum absolute atomic E-state index is 10.1. The Labute approximate surface area is 106 Å². The van der Waals surface area contributed by atoms with Crippen LogP contribution in [0.15, 0.2) is 24.4 Å². The normalized spacial score (nSPS) is 11.8. The van der Waals surface area contributed by atoms with Crippen LogP contribution in [-0.4, -0.2) is 25.0 Å². The van der Waals surface area contributed by atoms with E-state index in [1.54, 1.807) is 26.1 Å². The van der Waals surface area contributed by atoms with Gasteiger partial charge in [0.05, 0.1) is 18.0 Å². The average molecular weight is 247 g/mol. The molecule has 2 aromatic heterocycles. The molecule has 2 rings (SSSR count). The van der Waals surface area contributed by atoms with Gasteiger partial charge in [0.2, 0.25) is 0 Å². The van der Waals surface area contributed by atoms with E-state index in [1.807, 2.05) is 19.1 Å². The molecule has 0 atom stereocenters. The van der Waals surface area contributed by atoms with Crippen molar-refractivity contribution < 1.29 is 10.2 Å². The molecule has 5 nitrogen and oxygen atoms in total. The quantitative estimate of drug-likeness (QED) is 0.860. The minimum atomic E-state index is -1.11. The van der Waals surface area contributed by atoms with Gasteiger partial charge in [-0.2, -0.15) is 5.10 Å². The van der Waals surface area contributed by atoms with Crippen LogP contribution in [0.5, 0.6) is 0 Å². The lowest BCUT2D eigenvalue weighted by Crippen LogP contribution is -2.27. The van der Waals surface area contributed by atoms with Gasteiger partial charge in [0.25, 0.3) is 0 Å². The van der Waals surface area contributed by atoms with Crippen LogP contribution in [0.1, 0.15) is 25.1 Å². The first kappa shape index (κ1) is 12.7. The minimum absolute atomic E-state index is 0.0976. The second kappa shape index (κ2) is 4.51. The van der Waals surface area contributed by atoms with Gasteiger partial charge in [-0.25, -0.2) is 4.68 Å². The van der Waals surface area contributed by atoms with Crippen LogP contribution in [0.3, 0.4) is 0 Å². The number of aliphatic hydroxyl groups excluding tert-OH is 1. The van der Waals surface area contributed by atoms with E-state index in [0.29, 0.717) is 17.0 Å². The van der Waals surface area contributed by atoms with Crippen LogP contribution in [0.2, 0.25) is 0 Å². The summed E-state index contributed by atoms with van der Waals surface area (Å²) in [5, 5.41) is 23.5. The van der Waals surface area contributed by atoms with Gasteiger partial charge in [-0.15, -0.1) is 0 Å². The zero-order valence-corrected chi connectivity index (χ0v) is 10.8. The van der Waals surface area contributed by atoms with Crippen molar-refractivity contribution in [3.63, 3.8) is 0 Å². The summed E-state index contributed by atoms with van der Waals surface area (Å²) in [6.07, 6.45) is 1.61. The fourth-order valence-electron chi connectivity index (χ4n) is 1.85. The van der Waals surface area contributed by atoms with Crippen molar-refractivity contribution in [2.45, 2.75) is 33.1 Å². The van der Waals surface area contributed by atoms with Crippen LogP contribution < -0.4 is 0 Å². The highest BCUT2D eigenvalue weighted by molar-refractivity contribution is 5.59. The van der Waals surface area contributed by atoms with Crippen molar-refractivity contribution in [3.8, 4) is 11.4 Å². The zero-order chi connectivity index (χ0) is 13.3. The summed E-state index contributed by atoms with van der Waals surface area (Å²) >= 11 is 0. The Kier molecular flexibility index (Phi) is 3.19. The molecule has 5 heteroatoms. The van der Waals surface area contributed by atoms with Gasteiger partial charge in [-0.05, 0) is 32.9 Å². The first-order valence-corrected chi connectivity index (χ1v) is 5.78. The van der Waals surface area contributed by atoms with Crippen LogP contribution in [0.4, 0.5) is 0 Å². The Morgan fingerprint density at radius 2 is 2.00 bits per heavy atom. The molecule has 0 radical (unpaired) electrons. The molecule has 0 aliphatic heterocycles. The minimum Gasteiger partial charge on any atom is -0.392 e. The molecule has 96 valence electrons. The van der Waals surface area contributed by atoms with E-state index in [-0.39, 0.29) is 6.61 Å². The number of aromatic nitrogens is 3. The standard InChI is InChI=1S/C13H17N3O2/c1-9-4-5-10(8-17)12(15-9)11-6-7-14-16(11)13(2,3)18/h4-7,17-18H,8H2,1-3H3. The maximum Gasteiger partial charge on any atom is 0.152 e. The van der Waals surface area contributed by atoms with Crippen LogP contribution in [-0.2, 0) is 12.3 Å². The largest absolute Gasteiger partial charge is 0.392 e. The molecule has 18 heavy (non-hydrogen) atoms. The van der Waals surface area contributed by atoms with E-state index < -0.39 is 5.72 Å². The Morgan fingerprint density at radius 1 is 1.28 bits per heavy atom. The van der Waals surface area contributed by atoms with Crippen molar-refractivity contribution in [2.75, 3.05) is 0 Å². The van der Waals surface area contributed by atoms with Crippen molar-refractivity contribution >= 4 is 0 Å². The lowest BCUT2D eigenvalue weighted by atomic mass is 10.1. The molecule has 0 aliphatic rings. The summed E-state index contributed by atoms with van der Waals surface area (Å²) in [6.45, 7) is 5.09. The molecule has 0 fully saturated rings. The first-order valence-electron chi connectivity index (χ1n) is 5.78. The first-order chi connectivity index (χ1) is 8.43. The Bertz CT molecular complexity index is 556. The number of aliphatic hydroxyl groups is 2. The van der Waals surface area contributed by atoms with E-state index in [9.17, 15) is 10.2 Å². The van der Waals surface area contributed by atoms with Gasteiger partial charge < -0.3 is 10.2 Å². The number of hydrogen-bond donors (Lipinski definition) is 2. The van der Waals surface area contributed by atoms with Crippen LogP contribution in [0.25, 0.3) is 11.4 Å². The molecule has 0 spiro atoms. The monoisotopic (exact) mass is 247 g/mol. The second-order valence-electron chi connectivity index (χ2n) is 4.74. The summed E-state index contributed by atoms with van der Waals surface area (Å²) in [7, 11) is 0. The smallest absolute Gasteiger partial charge is 0.152 e. The number of aryl methyl sites for hydroxylation is 1. The van der Waals surface area contributed by atoms with Gasteiger partial charge in [0.15, 0.2) is 5.72 Å². The molecule has 2 N–H and O–H groups in total. The van der Waals surface area contributed by atoms with Crippen molar-refractivity contribution in [2.24, 2.45) is 0 Å². The predicted molar refractivity (Wildman–Crippen MR) is 67.7 cm³/mol. The molecule has 0 saturated heterocycles.